The summed E-state index contributed by atoms with van der Waals surface area (Å²) in [6.07, 6.45) is -0.187. The summed E-state index contributed by atoms with van der Waals surface area (Å²) in [7, 11) is -3.75. The van der Waals surface area contributed by atoms with Crippen molar-refractivity contribution in [2.75, 3.05) is 38.2 Å². The maximum Gasteiger partial charge on any atom is 0.262 e. The molecular formula is C23H28N2O7S. The first-order valence-corrected chi connectivity index (χ1v) is 12.0. The van der Waals surface area contributed by atoms with Crippen LogP contribution in [-0.2, 0) is 19.6 Å². The van der Waals surface area contributed by atoms with Crippen LogP contribution in [-0.4, -0.2) is 63.4 Å². The molecule has 2 aromatic carbocycles. The average molecular weight is 477 g/mol. The van der Waals surface area contributed by atoms with Crippen molar-refractivity contribution in [1.29, 1.82) is 0 Å². The lowest BCUT2D eigenvalue weighted by molar-refractivity contribution is -0.118. The maximum atomic E-state index is 13.0. The number of ketones is 1. The minimum absolute atomic E-state index is 0.0471. The summed E-state index contributed by atoms with van der Waals surface area (Å²) in [5, 5.41) is 2.68. The fourth-order valence-corrected chi connectivity index (χ4v) is 4.63. The van der Waals surface area contributed by atoms with Crippen LogP contribution in [0.1, 0.15) is 31.1 Å². The SMILES string of the molecule is CC(=O)c1cccc(OCC(=O)Nc2cc(S(=O)(=O)N3CCOCC3)ccc2OC(C)C)c1. The fraction of sp³-hybridized carbons (Fsp3) is 0.391. The standard InChI is InChI=1S/C23H28N2O7S/c1-16(2)32-22-8-7-20(33(28,29)25-9-11-30-12-10-25)14-21(22)24-23(27)15-31-19-6-4-5-18(13-19)17(3)26/h4-8,13-14,16H,9-12,15H2,1-3H3,(H,24,27). The van der Waals surface area contributed by atoms with Gasteiger partial charge in [-0.25, -0.2) is 8.42 Å². The Hall–Kier alpha value is -2.95. The lowest BCUT2D eigenvalue weighted by Crippen LogP contribution is -2.40. The topological polar surface area (TPSA) is 111 Å². The van der Waals surface area contributed by atoms with Crippen LogP contribution in [0.25, 0.3) is 0 Å². The maximum absolute atomic E-state index is 13.0. The van der Waals surface area contributed by atoms with E-state index in [-0.39, 0.29) is 42.2 Å². The Morgan fingerprint density at radius 1 is 1.12 bits per heavy atom. The van der Waals surface area contributed by atoms with Crippen LogP contribution in [0.3, 0.4) is 0 Å². The van der Waals surface area contributed by atoms with Crippen LogP contribution in [0.2, 0.25) is 0 Å². The summed E-state index contributed by atoms with van der Waals surface area (Å²) in [4.78, 5) is 24.1. The summed E-state index contributed by atoms with van der Waals surface area (Å²) in [6.45, 7) is 5.97. The lowest BCUT2D eigenvalue weighted by atomic mass is 10.1. The van der Waals surface area contributed by atoms with E-state index in [2.05, 4.69) is 5.32 Å². The molecule has 1 amide bonds. The first-order chi connectivity index (χ1) is 15.7. The Balaban J connectivity index is 1.77. The number of morpholine rings is 1. The van der Waals surface area contributed by atoms with Crippen LogP contribution in [0.15, 0.2) is 47.4 Å². The van der Waals surface area contributed by atoms with Crippen molar-refractivity contribution in [3.63, 3.8) is 0 Å². The zero-order chi connectivity index (χ0) is 24.0. The van der Waals surface area contributed by atoms with E-state index < -0.39 is 15.9 Å². The van der Waals surface area contributed by atoms with E-state index >= 15 is 0 Å². The molecule has 0 spiro atoms. The molecule has 1 fully saturated rings. The molecule has 0 saturated carbocycles. The Labute approximate surface area is 193 Å². The van der Waals surface area contributed by atoms with Crippen molar-refractivity contribution in [3.05, 3.63) is 48.0 Å². The second-order valence-electron chi connectivity index (χ2n) is 7.76. The second kappa shape index (κ2) is 10.8. The normalized spacial score (nSPS) is 14.7. The first kappa shape index (κ1) is 24.7. The predicted octanol–water partition coefficient (Wildman–Crippen LogP) is 2.71. The Morgan fingerprint density at radius 3 is 2.52 bits per heavy atom. The molecule has 178 valence electrons. The molecule has 0 unspecified atom stereocenters. The second-order valence-corrected chi connectivity index (χ2v) is 9.70. The minimum atomic E-state index is -3.75. The first-order valence-electron chi connectivity index (χ1n) is 10.6. The number of benzene rings is 2. The highest BCUT2D eigenvalue weighted by Gasteiger charge is 2.27. The third kappa shape index (κ3) is 6.53. The lowest BCUT2D eigenvalue weighted by Gasteiger charge is -2.26. The number of ether oxygens (including phenoxy) is 3. The number of nitrogens with zero attached hydrogens (tertiary/aromatic N) is 1. The van der Waals surface area contributed by atoms with E-state index in [0.29, 0.717) is 30.3 Å². The fourth-order valence-electron chi connectivity index (χ4n) is 3.20. The molecule has 2 aromatic rings. The van der Waals surface area contributed by atoms with Crippen LogP contribution in [0.4, 0.5) is 5.69 Å². The monoisotopic (exact) mass is 476 g/mol. The zero-order valence-electron chi connectivity index (χ0n) is 18.9. The Kier molecular flexibility index (Phi) is 8.06. The van der Waals surface area contributed by atoms with Gasteiger partial charge in [-0.1, -0.05) is 12.1 Å². The summed E-state index contributed by atoms with van der Waals surface area (Å²) in [6, 6.07) is 10.9. The van der Waals surface area contributed by atoms with Gasteiger partial charge in [0.2, 0.25) is 10.0 Å². The third-order valence-corrected chi connectivity index (χ3v) is 6.70. The highest BCUT2D eigenvalue weighted by atomic mass is 32.2. The highest BCUT2D eigenvalue weighted by Crippen LogP contribution is 2.30. The van der Waals surface area contributed by atoms with Crippen LogP contribution >= 0.6 is 0 Å². The van der Waals surface area contributed by atoms with Gasteiger partial charge in [-0.2, -0.15) is 4.31 Å². The molecule has 0 bridgehead atoms. The molecule has 10 heteroatoms. The molecule has 1 saturated heterocycles. The minimum Gasteiger partial charge on any atom is -0.489 e. The van der Waals surface area contributed by atoms with Gasteiger partial charge in [0, 0.05) is 18.7 Å². The smallest absolute Gasteiger partial charge is 0.262 e. The van der Waals surface area contributed by atoms with Crippen molar-refractivity contribution < 1.29 is 32.2 Å². The van der Waals surface area contributed by atoms with Crippen molar-refractivity contribution in [2.45, 2.75) is 31.8 Å². The van der Waals surface area contributed by atoms with Gasteiger partial charge in [-0.15, -0.1) is 0 Å². The largest absolute Gasteiger partial charge is 0.489 e. The van der Waals surface area contributed by atoms with Crippen LogP contribution < -0.4 is 14.8 Å². The van der Waals surface area contributed by atoms with Gasteiger partial charge >= 0.3 is 0 Å². The van der Waals surface area contributed by atoms with Crippen molar-refractivity contribution in [2.24, 2.45) is 0 Å². The highest BCUT2D eigenvalue weighted by molar-refractivity contribution is 7.89. The molecule has 1 aliphatic heterocycles. The number of rotatable bonds is 9. The number of hydrogen-bond acceptors (Lipinski definition) is 7. The number of carbonyl (C=O) groups is 2. The third-order valence-electron chi connectivity index (χ3n) is 4.81. The molecule has 33 heavy (non-hydrogen) atoms. The summed E-state index contributed by atoms with van der Waals surface area (Å²) in [5.74, 6) is 0.106. The number of sulfonamides is 1. The molecule has 0 aromatic heterocycles. The van der Waals surface area contributed by atoms with E-state index in [1.54, 1.807) is 24.3 Å². The van der Waals surface area contributed by atoms with E-state index in [0.717, 1.165) is 0 Å². The summed E-state index contributed by atoms with van der Waals surface area (Å²) >= 11 is 0. The quantitative estimate of drug-likeness (QED) is 0.554. The molecule has 0 radical (unpaired) electrons. The van der Waals surface area contributed by atoms with Gasteiger partial charge in [0.05, 0.1) is 29.9 Å². The van der Waals surface area contributed by atoms with Gasteiger partial charge in [0.15, 0.2) is 12.4 Å². The predicted molar refractivity (Wildman–Crippen MR) is 122 cm³/mol. The van der Waals surface area contributed by atoms with Gasteiger partial charge < -0.3 is 19.5 Å². The number of anilines is 1. The zero-order valence-corrected chi connectivity index (χ0v) is 19.7. The van der Waals surface area contributed by atoms with E-state index in [1.807, 2.05) is 13.8 Å². The molecule has 0 aliphatic carbocycles. The van der Waals surface area contributed by atoms with Crippen LogP contribution in [0.5, 0.6) is 11.5 Å². The molecule has 9 nitrogen and oxygen atoms in total. The molecule has 1 heterocycles. The van der Waals surface area contributed by atoms with E-state index in [9.17, 15) is 18.0 Å². The Morgan fingerprint density at radius 2 is 1.85 bits per heavy atom. The molecular weight excluding hydrogens is 448 g/mol. The van der Waals surface area contributed by atoms with Gasteiger partial charge in [0.25, 0.3) is 5.91 Å². The number of amides is 1. The number of nitrogens with one attached hydrogen (secondary N) is 1. The molecule has 1 N–H and O–H groups in total. The molecule has 0 atom stereocenters. The van der Waals surface area contributed by atoms with E-state index in [1.165, 1.54) is 29.4 Å². The van der Waals surface area contributed by atoms with E-state index in [4.69, 9.17) is 14.2 Å². The average Bonchev–Trinajstić information content (AvgIpc) is 2.79. The number of carbonyl (C=O) groups excluding carboxylic acids is 2. The van der Waals surface area contributed by atoms with Crippen LogP contribution in [0, 0.1) is 0 Å². The Bertz CT molecular complexity index is 1110. The van der Waals surface area contributed by atoms with Gasteiger partial charge in [-0.05, 0) is 51.1 Å². The van der Waals surface area contributed by atoms with Gasteiger partial charge in [-0.3, -0.25) is 9.59 Å². The summed E-state index contributed by atoms with van der Waals surface area (Å²) < 4.78 is 43.9. The summed E-state index contributed by atoms with van der Waals surface area (Å²) in [5.41, 5.74) is 0.700. The van der Waals surface area contributed by atoms with Gasteiger partial charge in [0.1, 0.15) is 11.5 Å². The number of hydrogen-bond donors (Lipinski definition) is 1. The molecule has 1 aliphatic rings. The van der Waals surface area contributed by atoms with Crippen molar-refractivity contribution in [1.82, 2.24) is 4.31 Å². The van der Waals surface area contributed by atoms with Crippen molar-refractivity contribution in [3.8, 4) is 11.5 Å². The molecule has 3 rings (SSSR count). The number of Topliss-reactive ketones (excluding diaryl/α,β-unsaturated/α-hetero) is 1. The van der Waals surface area contributed by atoms with Crippen molar-refractivity contribution >= 4 is 27.4 Å².